The standard InChI is InChI=1S/C10H18N6O2/c1-10(2,16-3-5-18-6-4-16)7-11-9(17)8-12-14-15-13-8/h3-7H2,1-2H3,(H,11,17)(H,12,13,14,15). The first kappa shape index (κ1) is 12.9. The van der Waals surface area contributed by atoms with Crippen LogP contribution in [0.2, 0.25) is 0 Å². The average Bonchev–Trinajstić information content (AvgIpc) is 2.91. The maximum absolute atomic E-state index is 11.7. The predicted octanol–water partition coefficient (Wildman–Crippen LogP) is -0.960. The quantitative estimate of drug-likeness (QED) is 0.718. The van der Waals surface area contributed by atoms with Gasteiger partial charge in [0.05, 0.1) is 13.2 Å². The van der Waals surface area contributed by atoms with E-state index in [2.05, 4.69) is 44.7 Å². The van der Waals surface area contributed by atoms with Crippen LogP contribution >= 0.6 is 0 Å². The van der Waals surface area contributed by atoms with Crippen LogP contribution in [0.4, 0.5) is 0 Å². The molecule has 1 saturated heterocycles. The SMILES string of the molecule is CC(C)(CNC(=O)c1nn[nH]n1)N1CCOCC1. The van der Waals surface area contributed by atoms with Gasteiger partial charge in [-0.1, -0.05) is 0 Å². The van der Waals surface area contributed by atoms with Gasteiger partial charge in [-0.2, -0.15) is 5.21 Å². The van der Waals surface area contributed by atoms with E-state index in [0.29, 0.717) is 6.54 Å². The van der Waals surface area contributed by atoms with Crippen LogP contribution in [-0.2, 0) is 4.74 Å². The van der Waals surface area contributed by atoms with Crippen LogP contribution in [-0.4, -0.2) is 69.8 Å². The number of morpholine rings is 1. The Bertz CT molecular complexity index is 385. The maximum Gasteiger partial charge on any atom is 0.292 e. The van der Waals surface area contributed by atoms with Gasteiger partial charge < -0.3 is 10.1 Å². The molecule has 0 aromatic carbocycles. The summed E-state index contributed by atoms with van der Waals surface area (Å²) in [5.41, 5.74) is -0.122. The van der Waals surface area contributed by atoms with E-state index >= 15 is 0 Å². The number of rotatable bonds is 4. The van der Waals surface area contributed by atoms with E-state index in [1.165, 1.54) is 0 Å². The van der Waals surface area contributed by atoms with E-state index in [1.54, 1.807) is 0 Å². The van der Waals surface area contributed by atoms with Crippen molar-refractivity contribution in [3.8, 4) is 0 Å². The molecule has 2 rings (SSSR count). The summed E-state index contributed by atoms with van der Waals surface area (Å²) in [7, 11) is 0. The number of hydrogen-bond acceptors (Lipinski definition) is 6. The van der Waals surface area contributed by atoms with Crippen LogP contribution < -0.4 is 5.32 Å². The second-order valence-electron chi connectivity index (χ2n) is 4.83. The smallest absolute Gasteiger partial charge is 0.292 e. The first-order valence-electron chi connectivity index (χ1n) is 5.94. The minimum atomic E-state index is -0.315. The molecule has 100 valence electrons. The van der Waals surface area contributed by atoms with E-state index in [-0.39, 0.29) is 17.3 Å². The zero-order chi connectivity index (χ0) is 13.0. The third-order valence-electron chi connectivity index (χ3n) is 3.10. The Labute approximate surface area is 105 Å². The average molecular weight is 254 g/mol. The van der Waals surface area contributed by atoms with Crippen molar-refractivity contribution in [1.29, 1.82) is 0 Å². The van der Waals surface area contributed by atoms with Crippen molar-refractivity contribution in [3.63, 3.8) is 0 Å². The van der Waals surface area contributed by atoms with Gasteiger partial charge in [-0.15, -0.1) is 10.2 Å². The van der Waals surface area contributed by atoms with Gasteiger partial charge in [0.25, 0.3) is 11.7 Å². The molecular formula is C10H18N6O2. The molecule has 8 heteroatoms. The van der Waals surface area contributed by atoms with E-state index in [4.69, 9.17) is 4.74 Å². The van der Waals surface area contributed by atoms with E-state index < -0.39 is 0 Å². The first-order chi connectivity index (χ1) is 8.59. The van der Waals surface area contributed by atoms with Crippen molar-refractivity contribution in [2.45, 2.75) is 19.4 Å². The van der Waals surface area contributed by atoms with Crippen molar-refractivity contribution >= 4 is 5.91 Å². The first-order valence-corrected chi connectivity index (χ1v) is 5.94. The lowest BCUT2D eigenvalue weighted by molar-refractivity contribution is -0.00926. The molecule has 0 unspecified atom stereocenters. The number of carbonyl (C=O) groups is 1. The molecule has 1 aliphatic rings. The lowest BCUT2D eigenvalue weighted by Crippen LogP contribution is -2.55. The monoisotopic (exact) mass is 254 g/mol. The Kier molecular flexibility index (Phi) is 3.87. The number of aromatic amines is 1. The highest BCUT2D eigenvalue weighted by molar-refractivity contribution is 5.90. The third-order valence-corrected chi connectivity index (χ3v) is 3.10. The molecule has 18 heavy (non-hydrogen) atoms. The van der Waals surface area contributed by atoms with Gasteiger partial charge in [0.1, 0.15) is 0 Å². The van der Waals surface area contributed by atoms with Crippen molar-refractivity contribution < 1.29 is 9.53 Å². The molecule has 8 nitrogen and oxygen atoms in total. The summed E-state index contributed by atoms with van der Waals surface area (Å²) in [5.74, 6) is -0.252. The highest BCUT2D eigenvalue weighted by Gasteiger charge is 2.29. The molecule has 0 atom stereocenters. The molecule has 1 aromatic heterocycles. The maximum atomic E-state index is 11.7. The Balaban J connectivity index is 1.86. The fourth-order valence-electron chi connectivity index (χ4n) is 1.91. The number of H-pyrrole nitrogens is 1. The molecule has 1 aromatic rings. The minimum Gasteiger partial charge on any atom is -0.379 e. The molecule has 0 saturated carbocycles. The largest absolute Gasteiger partial charge is 0.379 e. The lowest BCUT2D eigenvalue weighted by Gasteiger charge is -2.40. The van der Waals surface area contributed by atoms with E-state index in [1.807, 2.05) is 0 Å². The summed E-state index contributed by atoms with van der Waals surface area (Å²) in [4.78, 5) is 14.0. The number of hydrogen-bond donors (Lipinski definition) is 2. The summed E-state index contributed by atoms with van der Waals surface area (Å²) in [6.07, 6.45) is 0. The number of carbonyl (C=O) groups excluding carboxylic acids is 1. The number of aromatic nitrogens is 4. The molecule has 0 spiro atoms. The lowest BCUT2D eigenvalue weighted by atomic mass is 10.0. The summed E-state index contributed by atoms with van der Waals surface area (Å²) in [5, 5.41) is 15.7. The number of tetrazole rings is 1. The number of ether oxygens (including phenoxy) is 1. The Morgan fingerprint density at radius 3 is 2.83 bits per heavy atom. The van der Waals surface area contributed by atoms with E-state index in [0.717, 1.165) is 26.3 Å². The molecule has 0 aliphatic carbocycles. The minimum absolute atomic E-state index is 0.0628. The van der Waals surface area contributed by atoms with Gasteiger partial charge in [-0.25, -0.2) is 0 Å². The Morgan fingerprint density at radius 1 is 1.50 bits per heavy atom. The highest BCUT2D eigenvalue weighted by atomic mass is 16.5. The van der Waals surface area contributed by atoms with Crippen molar-refractivity contribution in [1.82, 2.24) is 30.8 Å². The highest BCUT2D eigenvalue weighted by Crippen LogP contribution is 2.15. The van der Waals surface area contributed by atoms with Gasteiger partial charge in [0, 0.05) is 25.2 Å². The number of nitrogens with zero attached hydrogens (tertiary/aromatic N) is 4. The summed E-state index contributed by atoms with van der Waals surface area (Å²) < 4.78 is 5.32. The van der Waals surface area contributed by atoms with Crippen molar-refractivity contribution in [3.05, 3.63) is 5.82 Å². The number of nitrogens with one attached hydrogen (secondary N) is 2. The van der Waals surface area contributed by atoms with Gasteiger partial charge in [-0.3, -0.25) is 9.69 Å². The van der Waals surface area contributed by atoms with Crippen molar-refractivity contribution in [2.75, 3.05) is 32.8 Å². The van der Waals surface area contributed by atoms with Crippen molar-refractivity contribution in [2.24, 2.45) is 0 Å². The van der Waals surface area contributed by atoms with Gasteiger partial charge in [0.15, 0.2) is 0 Å². The van der Waals surface area contributed by atoms with Crippen LogP contribution in [0.15, 0.2) is 0 Å². The predicted molar refractivity (Wildman–Crippen MR) is 63.0 cm³/mol. The zero-order valence-corrected chi connectivity index (χ0v) is 10.6. The van der Waals surface area contributed by atoms with Gasteiger partial charge >= 0.3 is 0 Å². The Morgan fingerprint density at radius 2 is 2.22 bits per heavy atom. The van der Waals surface area contributed by atoms with Crippen LogP contribution in [0.25, 0.3) is 0 Å². The Hall–Kier alpha value is -1.54. The molecule has 1 amide bonds. The second kappa shape index (κ2) is 5.40. The topological polar surface area (TPSA) is 96.0 Å². The summed E-state index contributed by atoms with van der Waals surface area (Å²) in [6, 6.07) is 0. The zero-order valence-electron chi connectivity index (χ0n) is 10.6. The van der Waals surface area contributed by atoms with Gasteiger partial charge in [0.2, 0.25) is 0 Å². The van der Waals surface area contributed by atoms with Crippen LogP contribution in [0.5, 0.6) is 0 Å². The molecule has 2 N–H and O–H groups in total. The molecule has 1 fully saturated rings. The fraction of sp³-hybridized carbons (Fsp3) is 0.800. The molecule has 0 bridgehead atoms. The normalized spacial score (nSPS) is 17.7. The molecular weight excluding hydrogens is 236 g/mol. The second-order valence-corrected chi connectivity index (χ2v) is 4.83. The summed E-state index contributed by atoms with van der Waals surface area (Å²) in [6.45, 7) is 7.95. The fourth-order valence-corrected chi connectivity index (χ4v) is 1.91. The van der Waals surface area contributed by atoms with Gasteiger partial charge in [-0.05, 0) is 19.1 Å². The van der Waals surface area contributed by atoms with Crippen LogP contribution in [0, 0.1) is 0 Å². The number of amides is 1. The summed E-state index contributed by atoms with van der Waals surface area (Å²) >= 11 is 0. The molecule has 0 radical (unpaired) electrons. The van der Waals surface area contributed by atoms with Crippen LogP contribution in [0.3, 0.4) is 0 Å². The molecule has 2 heterocycles. The third kappa shape index (κ3) is 3.02. The van der Waals surface area contributed by atoms with E-state index in [9.17, 15) is 4.79 Å². The van der Waals surface area contributed by atoms with Crippen LogP contribution in [0.1, 0.15) is 24.5 Å². The molecule has 1 aliphatic heterocycles.